The van der Waals surface area contributed by atoms with E-state index in [2.05, 4.69) is 6.92 Å². The third-order valence-electron chi connectivity index (χ3n) is 3.08. The van der Waals surface area contributed by atoms with Crippen molar-refractivity contribution in [3.05, 3.63) is 23.8 Å². The van der Waals surface area contributed by atoms with Crippen LogP contribution in [0.3, 0.4) is 0 Å². The fraction of sp³-hybridized carbons (Fsp3) is 0.529. The van der Waals surface area contributed by atoms with E-state index >= 15 is 0 Å². The molecule has 0 bridgehead atoms. The van der Waals surface area contributed by atoms with Crippen molar-refractivity contribution in [2.75, 3.05) is 0 Å². The Morgan fingerprint density at radius 2 is 1.52 bits per heavy atom. The Morgan fingerprint density at radius 3 is 2.14 bits per heavy atom. The highest BCUT2D eigenvalue weighted by Crippen LogP contribution is 2.29. The number of carbonyl (C=O) groups is 2. The van der Waals surface area contributed by atoms with Gasteiger partial charge in [-0.2, -0.15) is 0 Å². The quantitative estimate of drug-likeness (QED) is 0.412. The van der Waals surface area contributed by atoms with E-state index in [4.69, 9.17) is 9.47 Å². The Labute approximate surface area is 126 Å². The number of ether oxygens (including phenoxy) is 2. The molecule has 0 radical (unpaired) electrons. The van der Waals surface area contributed by atoms with Gasteiger partial charge < -0.3 is 9.47 Å². The molecule has 21 heavy (non-hydrogen) atoms. The molecule has 0 fully saturated rings. The van der Waals surface area contributed by atoms with Gasteiger partial charge >= 0.3 is 11.9 Å². The Hall–Kier alpha value is -1.84. The molecule has 4 heteroatoms. The smallest absolute Gasteiger partial charge is 0.308 e. The Bertz CT molecular complexity index is 480. The van der Waals surface area contributed by atoms with Crippen LogP contribution in [0.4, 0.5) is 0 Å². The normalized spacial score (nSPS) is 10.2. The van der Waals surface area contributed by atoms with E-state index in [-0.39, 0.29) is 5.75 Å². The maximum Gasteiger partial charge on any atom is 0.308 e. The lowest BCUT2D eigenvalue weighted by atomic mass is 10.1. The summed E-state index contributed by atoms with van der Waals surface area (Å²) in [6.45, 7) is 4.84. The Morgan fingerprint density at radius 1 is 0.905 bits per heavy atom. The molecule has 1 aromatic rings. The van der Waals surface area contributed by atoms with Crippen LogP contribution < -0.4 is 9.47 Å². The average molecular weight is 292 g/mol. The zero-order valence-corrected chi connectivity index (χ0v) is 13.1. The van der Waals surface area contributed by atoms with Crippen LogP contribution in [0.25, 0.3) is 0 Å². The highest BCUT2D eigenvalue weighted by atomic mass is 16.6. The summed E-state index contributed by atoms with van der Waals surface area (Å²) >= 11 is 0. The molecule has 1 rings (SSSR count). The second kappa shape index (κ2) is 9.16. The summed E-state index contributed by atoms with van der Waals surface area (Å²) in [4.78, 5) is 22.2. The molecule has 116 valence electrons. The summed E-state index contributed by atoms with van der Waals surface area (Å²) in [6.07, 6.45) is 6.98. The van der Waals surface area contributed by atoms with Gasteiger partial charge in [-0.15, -0.1) is 0 Å². The number of rotatable bonds is 8. The van der Waals surface area contributed by atoms with Gasteiger partial charge in [0, 0.05) is 13.8 Å². The lowest BCUT2D eigenvalue weighted by Crippen LogP contribution is -2.07. The van der Waals surface area contributed by atoms with E-state index in [1.165, 1.54) is 39.5 Å². The fourth-order valence-electron chi connectivity index (χ4n) is 2.11. The van der Waals surface area contributed by atoms with Crippen molar-refractivity contribution >= 4 is 11.9 Å². The number of esters is 2. The van der Waals surface area contributed by atoms with Crippen LogP contribution >= 0.6 is 0 Å². The van der Waals surface area contributed by atoms with Crippen molar-refractivity contribution in [3.8, 4) is 11.5 Å². The highest BCUT2D eigenvalue weighted by molar-refractivity contribution is 5.73. The minimum absolute atomic E-state index is 0.285. The lowest BCUT2D eigenvalue weighted by Gasteiger charge is -2.10. The van der Waals surface area contributed by atoms with Gasteiger partial charge in [-0.3, -0.25) is 9.59 Å². The first kappa shape index (κ1) is 17.2. The number of aryl methyl sites for hydroxylation is 1. The van der Waals surface area contributed by atoms with E-state index in [0.29, 0.717) is 5.75 Å². The van der Waals surface area contributed by atoms with Crippen molar-refractivity contribution < 1.29 is 19.1 Å². The van der Waals surface area contributed by atoms with Gasteiger partial charge in [0.25, 0.3) is 0 Å². The third-order valence-corrected chi connectivity index (χ3v) is 3.08. The molecule has 0 amide bonds. The van der Waals surface area contributed by atoms with Crippen LogP contribution in [-0.2, 0) is 16.0 Å². The van der Waals surface area contributed by atoms with Crippen LogP contribution in [0.5, 0.6) is 11.5 Å². The third kappa shape index (κ3) is 6.93. The van der Waals surface area contributed by atoms with Crippen LogP contribution in [-0.4, -0.2) is 11.9 Å². The highest BCUT2D eigenvalue weighted by Gasteiger charge is 2.11. The van der Waals surface area contributed by atoms with Crippen molar-refractivity contribution in [1.82, 2.24) is 0 Å². The largest absolute Gasteiger partial charge is 0.423 e. The monoisotopic (exact) mass is 292 g/mol. The van der Waals surface area contributed by atoms with Crippen LogP contribution in [0, 0.1) is 0 Å². The molecule has 4 nitrogen and oxygen atoms in total. The molecule has 0 saturated heterocycles. The van der Waals surface area contributed by atoms with Crippen molar-refractivity contribution in [2.45, 2.75) is 59.3 Å². The number of benzene rings is 1. The summed E-state index contributed by atoms with van der Waals surface area (Å²) in [6, 6.07) is 5.37. The minimum Gasteiger partial charge on any atom is -0.423 e. The van der Waals surface area contributed by atoms with Crippen LogP contribution in [0.1, 0.15) is 58.4 Å². The fourth-order valence-corrected chi connectivity index (χ4v) is 2.11. The van der Waals surface area contributed by atoms with Crippen molar-refractivity contribution in [2.24, 2.45) is 0 Å². The molecule has 0 atom stereocenters. The van der Waals surface area contributed by atoms with Crippen molar-refractivity contribution in [3.63, 3.8) is 0 Å². The van der Waals surface area contributed by atoms with Gasteiger partial charge in [-0.25, -0.2) is 0 Å². The van der Waals surface area contributed by atoms with Crippen molar-refractivity contribution in [1.29, 1.82) is 0 Å². The summed E-state index contributed by atoms with van der Waals surface area (Å²) in [5.74, 6) is -0.268. The van der Waals surface area contributed by atoms with Gasteiger partial charge in [-0.1, -0.05) is 38.7 Å². The molecule has 0 aromatic heterocycles. The number of hydrogen-bond acceptors (Lipinski definition) is 4. The first-order valence-electron chi connectivity index (χ1n) is 7.52. The van der Waals surface area contributed by atoms with Gasteiger partial charge in [0.05, 0.1) is 0 Å². The van der Waals surface area contributed by atoms with E-state index in [1.54, 1.807) is 12.1 Å². The van der Waals surface area contributed by atoms with Gasteiger partial charge in [0.15, 0.2) is 11.5 Å². The summed E-state index contributed by atoms with van der Waals surface area (Å²) in [5, 5.41) is 0. The van der Waals surface area contributed by atoms with E-state index in [9.17, 15) is 9.59 Å². The molecule has 0 heterocycles. The number of unbranched alkanes of at least 4 members (excludes halogenated alkanes) is 4. The van der Waals surface area contributed by atoms with Crippen LogP contribution in [0.15, 0.2) is 18.2 Å². The first-order valence-corrected chi connectivity index (χ1v) is 7.52. The minimum atomic E-state index is -0.435. The van der Waals surface area contributed by atoms with Gasteiger partial charge in [-0.05, 0) is 30.5 Å². The summed E-state index contributed by atoms with van der Waals surface area (Å²) < 4.78 is 10.2. The van der Waals surface area contributed by atoms with E-state index < -0.39 is 11.9 Å². The van der Waals surface area contributed by atoms with E-state index in [1.807, 2.05) is 6.07 Å². The number of carbonyl (C=O) groups excluding carboxylic acids is 2. The molecule has 0 aliphatic carbocycles. The molecule has 0 N–H and O–H groups in total. The lowest BCUT2D eigenvalue weighted by molar-refractivity contribution is -0.134. The van der Waals surface area contributed by atoms with Crippen LogP contribution in [0.2, 0.25) is 0 Å². The predicted molar refractivity (Wildman–Crippen MR) is 81.5 cm³/mol. The molecule has 0 saturated carbocycles. The maximum atomic E-state index is 11.1. The van der Waals surface area contributed by atoms with E-state index in [0.717, 1.165) is 18.4 Å². The molecular formula is C17H24O4. The topological polar surface area (TPSA) is 52.6 Å². The standard InChI is InChI=1S/C17H24O4/c1-4-5-6-7-8-9-15-10-11-16(20-13(2)18)17(12-15)21-14(3)19/h10-12H,4-9H2,1-3H3. The maximum absolute atomic E-state index is 11.1. The predicted octanol–water partition coefficient (Wildman–Crippen LogP) is 4.05. The number of hydrogen-bond donors (Lipinski definition) is 0. The SMILES string of the molecule is CCCCCCCc1ccc(OC(C)=O)c(OC(C)=O)c1. The average Bonchev–Trinajstić information content (AvgIpc) is 2.40. The first-order chi connectivity index (χ1) is 10.0. The Balaban J connectivity index is 2.69. The second-order valence-electron chi connectivity index (χ2n) is 5.13. The molecular weight excluding hydrogens is 268 g/mol. The molecule has 0 unspecified atom stereocenters. The summed E-state index contributed by atoms with van der Waals surface area (Å²) in [7, 11) is 0. The zero-order valence-electron chi connectivity index (χ0n) is 13.1. The molecule has 0 aliphatic heterocycles. The summed E-state index contributed by atoms with van der Waals surface area (Å²) in [5.41, 5.74) is 1.08. The zero-order chi connectivity index (χ0) is 15.7. The Kier molecular flexibility index (Phi) is 7.51. The van der Waals surface area contributed by atoms with Gasteiger partial charge in [0.2, 0.25) is 0 Å². The molecule has 1 aromatic carbocycles. The molecule has 0 spiro atoms. The second-order valence-corrected chi connectivity index (χ2v) is 5.13. The van der Waals surface area contributed by atoms with Gasteiger partial charge in [0.1, 0.15) is 0 Å². The molecule has 0 aliphatic rings.